The topological polar surface area (TPSA) is 58.4 Å². The molecule has 2 aromatic rings. The molecule has 3 rings (SSSR count). The van der Waals surface area contributed by atoms with Crippen LogP contribution < -0.4 is 16.0 Å². The number of hydrogen-bond acceptors (Lipinski definition) is 4. The van der Waals surface area contributed by atoms with E-state index in [4.69, 9.17) is 5.73 Å². The lowest BCUT2D eigenvalue weighted by molar-refractivity contribution is 0.103. The molecule has 0 bridgehead atoms. The Kier molecular flexibility index (Phi) is 4.10. The number of para-hydroxylation sites is 2. The lowest BCUT2D eigenvalue weighted by atomic mass is 10.1. The maximum Gasteiger partial charge on any atom is 0.267 e. The minimum Gasteiger partial charge on any atom is -0.397 e. The first kappa shape index (κ1) is 13.9. The average Bonchev–Trinajstić information content (AvgIpc) is 2.95. The summed E-state index contributed by atoms with van der Waals surface area (Å²) in [6, 6.07) is 9.74. The Bertz CT molecular complexity index is 632. The number of nitrogens with two attached hydrogens (primary N) is 1. The number of nitrogen functional groups attached to an aromatic ring is 1. The van der Waals surface area contributed by atoms with E-state index in [1.807, 2.05) is 23.6 Å². The molecule has 1 amide bonds. The number of rotatable bonds is 3. The van der Waals surface area contributed by atoms with Gasteiger partial charge in [0.25, 0.3) is 5.91 Å². The van der Waals surface area contributed by atoms with Crippen molar-refractivity contribution in [2.45, 2.75) is 19.3 Å². The van der Waals surface area contributed by atoms with Crippen molar-refractivity contribution >= 4 is 34.3 Å². The first-order valence-electron chi connectivity index (χ1n) is 7.24. The monoisotopic (exact) mass is 301 g/mol. The second-order valence-corrected chi connectivity index (χ2v) is 6.14. The van der Waals surface area contributed by atoms with Gasteiger partial charge in [-0.05, 0) is 42.8 Å². The van der Waals surface area contributed by atoms with Gasteiger partial charge in [0.15, 0.2) is 0 Å². The van der Waals surface area contributed by atoms with E-state index in [0.717, 1.165) is 24.5 Å². The fourth-order valence-electron chi connectivity index (χ4n) is 2.67. The molecule has 0 saturated carbocycles. The summed E-state index contributed by atoms with van der Waals surface area (Å²) in [6.45, 7) is 2.10. The molecule has 1 aliphatic heterocycles. The number of anilines is 3. The van der Waals surface area contributed by atoms with Gasteiger partial charge in [-0.25, -0.2) is 0 Å². The van der Waals surface area contributed by atoms with Crippen molar-refractivity contribution in [1.82, 2.24) is 0 Å². The maximum absolute atomic E-state index is 12.3. The second-order valence-electron chi connectivity index (χ2n) is 5.22. The lowest BCUT2D eigenvalue weighted by Gasteiger charge is -2.30. The number of amides is 1. The molecule has 1 aromatic carbocycles. The highest BCUT2D eigenvalue weighted by Crippen LogP contribution is 2.29. The number of nitrogens with zero attached hydrogens (tertiary/aromatic N) is 1. The lowest BCUT2D eigenvalue weighted by Crippen LogP contribution is -2.30. The maximum atomic E-state index is 12.3. The summed E-state index contributed by atoms with van der Waals surface area (Å²) in [7, 11) is 0. The first-order valence-corrected chi connectivity index (χ1v) is 8.12. The third-order valence-corrected chi connectivity index (χ3v) is 4.68. The highest BCUT2D eigenvalue weighted by molar-refractivity contribution is 7.12. The van der Waals surface area contributed by atoms with Crippen LogP contribution in [0.1, 0.15) is 28.9 Å². The van der Waals surface area contributed by atoms with E-state index >= 15 is 0 Å². The van der Waals surface area contributed by atoms with Crippen LogP contribution in [0.5, 0.6) is 0 Å². The zero-order valence-electron chi connectivity index (χ0n) is 11.8. The van der Waals surface area contributed by atoms with Gasteiger partial charge in [-0.2, -0.15) is 0 Å². The smallest absolute Gasteiger partial charge is 0.267 e. The van der Waals surface area contributed by atoms with Gasteiger partial charge in [-0.15, -0.1) is 11.3 Å². The zero-order chi connectivity index (χ0) is 14.7. The van der Waals surface area contributed by atoms with Crippen LogP contribution in [-0.4, -0.2) is 19.0 Å². The second kappa shape index (κ2) is 6.18. The van der Waals surface area contributed by atoms with Gasteiger partial charge in [-0.1, -0.05) is 12.1 Å². The van der Waals surface area contributed by atoms with Gasteiger partial charge in [0.05, 0.1) is 17.1 Å². The molecule has 1 aliphatic rings. The quantitative estimate of drug-likeness (QED) is 0.911. The SMILES string of the molecule is Nc1ccsc1C(=O)Nc1ccccc1N1CCCCC1. The molecule has 1 fully saturated rings. The molecule has 3 N–H and O–H groups in total. The van der Waals surface area contributed by atoms with Crippen LogP contribution in [0.2, 0.25) is 0 Å². The van der Waals surface area contributed by atoms with E-state index in [1.165, 1.54) is 30.6 Å². The summed E-state index contributed by atoms with van der Waals surface area (Å²) < 4.78 is 0. The largest absolute Gasteiger partial charge is 0.397 e. The molecule has 5 heteroatoms. The molecule has 1 saturated heterocycles. The van der Waals surface area contributed by atoms with Crippen molar-refractivity contribution in [1.29, 1.82) is 0 Å². The fourth-order valence-corrected chi connectivity index (χ4v) is 3.39. The summed E-state index contributed by atoms with van der Waals surface area (Å²) in [6.07, 6.45) is 3.71. The Morgan fingerprint density at radius 1 is 1.14 bits per heavy atom. The molecule has 0 radical (unpaired) electrons. The first-order chi connectivity index (χ1) is 10.3. The summed E-state index contributed by atoms with van der Waals surface area (Å²) in [4.78, 5) is 15.2. The zero-order valence-corrected chi connectivity index (χ0v) is 12.7. The number of nitrogens with one attached hydrogen (secondary N) is 1. The van der Waals surface area contributed by atoms with E-state index in [2.05, 4.69) is 16.3 Å². The van der Waals surface area contributed by atoms with Crippen molar-refractivity contribution < 1.29 is 4.79 Å². The Hall–Kier alpha value is -2.01. The minimum absolute atomic E-state index is 0.132. The average molecular weight is 301 g/mol. The van der Waals surface area contributed by atoms with Gasteiger partial charge in [-0.3, -0.25) is 4.79 Å². The Morgan fingerprint density at radius 3 is 2.62 bits per heavy atom. The van der Waals surface area contributed by atoms with Gasteiger partial charge >= 0.3 is 0 Å². The molecule has 1 aromatic heterocycles. The molecule has 110 valence electrons. The molecule has 2 heterocycles. The van der Waals surface area contributed by atoms with Crippen molar-refractivity contribution in [2.24, 2.45) is 0 Å². The summed E-state index contributed by atoms with van der Waals surface area (Å²) in [5, 5.41) is 4.83. The highest BCUT2D eigenvalue weighted by Gasteiger charge is 2.17. The molecule has 0 unspecified atom stereocenters. The molecule has 0 aliphatic carbocycles. The molecule has 21 heavy (non-hydrogen) atoms. The van der Waals surface area contributed by atoms with E-state index < -0.39 is 0 Å². The predicted octanol–water partition coefficient (Wildman–Crippen LogP) is 3.57. The van der Waals surface area contributed by atoms with Crippen LogP contribution >= 0.6 is 11.3 Å². The van der Waals surface area contributed by atoms with Crippen LogP contribution in [0.3, 0.4) is 0 Å². The third-order valence-electron chi connectivity index (χ3n) is 3.75. The molecule has 4 nitrogen and oxygen atoms in total. The number of thiophene rings is 1. The molecule has 0 atom stereocenters. The van der Waals surface area contributed by atoms with E-state index in [9.17, 15) is 4.79 Å². The van der Waals surface area contributed by atoms with E-state index in [0.29, 0.717) is 10.6 Å². The number of benzene rings is 1. The predicted molar refractivity (Wildman–Crippen MR) is 89.2 cm³/mol. The molecular formula is C16H19N3OS. The Morgan fingerprint density at radius 2 is 1.90 bits per heavy atom. The Balaban J connectivity index is 1.82. The number of carbonyl (C=O) groups excluding carboxylic acids is 1. The minimum atomic E-state index is -0.132. The normalized spacial score (nSPS) is 15.0. The fraction of sp³-hybridized carbons (Fsp3) is 0.312. The van der Waals surface area contributed by atoms with E-state index in [1.54, 1.807) is 6.07 Å². The van der Waals surface area contributed by atoms with Crippen LogP contribution in [-0.2, 0) is 0 Å². The van der Waals surface area contributed by atoms with Gasteiger partial charge in [0.1, 0.15) is 4.88 Å². The highest BCUT2D eigenvalue weighted by atomic mass is 32.1. The molecular weight excluding hydrogens is 282 g/mol. The van der Waals surface area contributed by atoms with Crippen LogP contribution in [0, 0.1) is 0 Å². The van der Waals surface area contributed by atoms with Crippen molar-refractivity contribution in [3.05, 3.63) is 40.6 Å². The number of hydrogen-bond donors (Lipinski definition) is 2. The standard InChI is InChI=1S/C16H19N3OS/c17-12-8-11-21-15(12)16(20)18-13-6-2-3-7-14(13)19-9-4-1-5-10-19/h2-3,6-8,11H,1,4-5,9-10,17H2,(H,18,20). The van der Waals surface area contributed by atoms with Crippen LogP contribution in [0.15, 0.2) is 35.7 Å². The van der Waals surface area contributed by atoms with Crippen LogP contribution in [0.25, 0.3) is 0 Å². The van der Waals surface area contributed by atoms with Gasteiger partial charge in [0.2, 0.25) is 0 Å². The summed E-state index contributed by atoms with van der Waals surface area (Å²) >= 11 is 1.37. The Labute approximate surface area is 128 Å². The van der Waals surface area contributed by atoms with Crippen molar-refractivity contribution in [3.63, 3.8) is 0 Å². The van der Waals surface area contributed by atoms with Crippen molar-refractivity contribution in [2.75, 3.05) is 29.0 Å². The number of carbonyl (C=O) groups is 1. The summed E-state index contributed by atoms with van der Waals surface area (Å²) in [5.41, 5.74) is 8.31. The van der Waals surface area contributed by atoms with Gasteiger partial charge < -0.3 is 16.0 Å². The molecule has 0 spiro atoms. The third kappa shape index (κ3) is 3.03. The van der Waals surface area contributed by atoms with E-state index in [-0.39, 0.29) is 5.91 Å². The van der Waals surface area contributed by atoms with Gasteiger partial charge in [0, 0.05) is 13.1 Å². The number of piperidine rings is 1. The van der Waals surface area contributed by atoms with Crippen LogP contribution in [0.4, 0.5) is 17.1 Å². The summed E-state index contributed by atoms with van der Waals surface area (Å²) in [5.74, 6) is -0.132. The van der Waals surface area contributed by atoms with Crippen molar-refractivity contribution in [3.8, 4) is 0 Å².